The Bertz CT molecular complexity index is 6570. The maximum Gasteiger partial charge on any atom is 0.494 e. The molecule has 1 fully saturated rings. The average molecular weight is 1570 g/mol. The minimum atomic E-state index is -0.512. The van der Waals surface area contributed by atoms with Gasteiger partial charge in [-0.3, -0.25) is 28.1 Å². The Morgan fingerprint density at radius 1 is 0.400 bits per heavy atom. The minimum Gasteiger partial charge on any atom is -0.399 e. The lowest BCUT2D eigenvalue weighted by Gasteiger charge is -2.32. The molecule has 8 heterocycles. The molecule has 17 rings (SSSR count). The molecule has 0 unspecified atom stereocenters. The summed E-state index contributed by atoms with van der Waals surface area (Å²) >= 11 is 21.8. The van der Waals surface area contributed by atoms with E-state index < -0.39 is 18.3 Å². The molecule has 534 valence electrons. The van der Waals surface area contributed by atoms with Gasteiger partial charge in [0.05, 0.1) is 98.8 Å². The van der Waals surface area contributed by atoms with Gasteiger partial charge in [-0.1, -0.05) is 130 Å². The van der Waals surface area contributed by atoms with Crippen molar-refractivity contribution in [2.24, 2.45) is 0 Å². The molecule has 9 aromatic carbocycles. The number of nitrogen functional groups attached to an aromatic ring is 1. The molecule has 1 aliphatic rings. The SMILES string of the molecule is CC1(C)OB(c2ccc(-c3nc4c(cnn4-c4cccc(C#N)c4)c(=O)n3-c3ccc(Cl)cc3)cc2)OC1(C)C.N#Cc1cccc(-n2ncc3c(=O)n(-c4ccc(Cl)cc4)c(-c4ccc(-c5ccc(N)nc5)cc4)nc32)c1.N#Cc1cccc(-n2ncc3c(=O)n(-c4ccc(Cl)cc4)c(-c4ccc(Br)cc4)nc32)c1. The van der Waals surface area contributed by atoms with E-state index in [0.717, 1.165) is 32.2 Å². The zero-order valence-corrected chi connectivity index (χ0v) is 62.5. The van der Waals surface area contributed by atoms with Crippen LogP contribution in [0.15, 0.2) is 274 Å². The monoisotopic (exact) mass is 1570 g/mol. The van der Waals surface area contributed by atoms with E-state index in [0.29, 0.717) is 128 Å². The highest BCUT2D eigenvalue weighted by Crippen LogP contribution is 2.37. The lowest BCUT2D eigenvalue weighted by Crippen LogP contribution is -2.41. The number of pyridine rings is 1. The number of benzene rings is 9. The summed E-state index contributed by atoms with van der Waals surface area (Å²) in [6, 6.07) is 75.0. The van der Waals surface area contributed by atoms with Crippen LogP contribution in [0.2, 0.25) is 15.1 Å². The van der Waals surface area contributed by atoms with Gasteiger partial charge in [-0.25, -0.2) is 34.0 Å². The fourth-order valence-electron chi connectivity index (χ4n) is 12.4. The molecule has 0 aliphatic carbocycles. The van der Waals surface area contributed by atoms with Gasteiger partial charge in [-0.05, 0) is 190 Å². The second-order valence-corrected chi connectivity index (χ2v) is 28.5. The molecule has 16 aromatic rings. The molecule has 0 radical (unpaired) electrons. The Labute approximate surface area is 650 Å². The Balaban J connectivity index is 0.000000132. The van der Waals surface area contributed by atoms with Crippen LogP contribution in [-0.4, -0.2) is 81.3 Å². The van der Waals surface area contributed by atoms with Crippen molar-refractivity contribution in [3.8, 4) is 97.6 Å². The average Bonchev–Trinajstić information content (AvgIpc) is 1.51. The number of aromatic nitrogens is 13. The Morgan fingerprint density at radius 2 is 0.718 bits per heavy atom. The number of fused-ring (bicyclic) bond motifs is 3. The van der Waals surface area contributed by atoms with Crippen LogP contribution in [0.4, 0.5) is 5.82 Å². The third-order valence-corrected chi connectivity index (χ3v) is 20.1. The number of rotatable bonds is 11. The van der Waals surface area contributed by atoms with Crippen LogP contribution in [0.1, 0.15) is 44.4 Å². The van der Waals surface area contributed by atoms with E-state index in [1.54, 1.807) is 167 Å². The Morgan fingerprint density at radius 3 is 1.05 bits per heavy atom. The molecule has 27 heteroatoms. The smallest absolute Gasteiger partial charge is 0.399 e. The van der Waals surface area contributed by atoms with Gasteiger partial charge < -0.3 is 15.0 Å². The maximum absolute atomic E-state index is 13.9. The lowest BCUT2D eigenvalue weighted by molar-refractivity contribution is 0.00578. The zero-order valence-electron chi connectivity index (χ0n) is 58.6. The van der Waals surface area contributed by atoms with Crippen LogP contribution < -0.4 is 27.9 Å². The standard InChI is InChI=1S/C30H25BClN5O3.C29H18ClN7O.C24H13BrClN5O/c1-29(2)30(3,4)40-31(39-29)21-10-8-20(9-11-21)26-35-27-25(28(38)36(26)23-14-12-22(32)13-15-23)18-34-37(27)24-7-5-6-19(16-24)17-33;30-22-9-11-23(12-10-22)36-27(20-6-4-19(5-7-20)21-8-13-26(32)33-16-21)35-28-25(29(36)38)17-34-37(28)24-3-1-2-18(14-24)15-31;25-17-6-4-16(5-7-17)22-29-23-21(24(32)30(22)19-10-8-18(26)9-11-19)14-28-31(23)20-3-1-2-15(12-20)13-27/h5-16,18H,1-4H3;1-14,16-17H,(H2,32,33);1-12,14H. The van der Waals surface area contributed by atoms with Crippen LogP contribution >= 0.6 is 50.7 Å². The van der Waals surface area contributed by atoms with Gasteiger partial charge in [0.15, 0.2) is 16.9 Å². The van der Waals surface area contributed by atoms with Crippen molar-refractivity contribution in [2.45, 2.75) is 38.9 Å². The van der Waals surface area contributed by atoms with Crippen molar-refractivity contribution in [3.63, 3.8) is 0 Å². The molecule has 2 N–H and O–H groups in total. The first-order valence-electron chi connectivity index (χ1n) is 34.0. The van der Waals surface area contributed by atoms with Crippen molar-refractivity contribution in [1.29, 1.82) is 15.8 Å². The second-order valence-electron chi connectivity index (χ2n) is 26.3. The third-order valence-electron chi connectivity index (χ3n) is 18.8. The van der Waals surface area contributed by atoms with E-state index in [1.165, 1.54) is 18.6 Å². The summed E-state index contributed by atoms with van der Waals surface area (Å²) < 4.78 is 22.7. The van der Waals surface area contributed by atoms with Crippen molar-refractivity contribution in [1.82, 2.24) is 63.0 Å². The van der Waals surface area contributed by atoms with Crippen LogP contribution in [0.25, 0.3) is 113 Å². The number of nitrogens with two attached hydrogens (primary N) is 1. The first-order valence-corrected chi connectivity index (χ1v) is 35.9. The van der Waals surface area contributed by atoms with E-state index in [9.17, 15) is 30.2 Å². The zero-order chi connectivity index (χ0) is 76.7. The molecule has 0 spiro atoms. The molecule has 0 amide bonds. The largest absolute Gasteiger partial charge is 0.494 e. The van der Waals surface area contributed by atoms with Crippen molar-refractivity contribution < 1.29 is 9.31 Å². The summed E-state index contributed by atoms with van der Waals surface area (Å²) in [5.41, 5.74) is 15.4. The summed E-state index contributed by atoms with van der Waals surface area (Å²) in [4.78, 5) is 60.3. The molecule has 1 saturated heterocycles. The summed E-state index contributed by atoms with van der Waals surface area (Å²) in [6.07, 6.45) is 6.21. The number of anilines is 1. The highest BCUT2D eigenvalue weighted by molar-refractivity contribution is 9.10. The molecule has 1 aliphatic heterocycles. The van der Waals surface area contributed by atoms with E-state index in [4.69, 9.17) is 64.8 Å². The van der Waals surface area contributed by atoms with Gasteiger partial charge in [0.25, 0.3) is 16.7 Å². The van der Waals surface area contributed by atoms with Gasteiger partial charge in [-0.15, -0.1) is 0 Å². The topological polar surface area (TPSA) is 287 Å². The van der Waals surface area contributed by atoms with Crippen molar-refractivity contribution in [2.75, 3.05) is 5.73 Å². The van der Waals surface area contributed by atoms with Gasteiger partial charge in [0.1, 0.15) is 39.4 Å². The summed E-state index contributed by atoms with van der Waals surface area (Å²) in [5, 5.41) is 44.0. The van der Waals surface area contributed by atoms with Gasteiger partial charge in [0.2, 0.25) is 0 Å². The normalized spacial score (nSPS) is 12.7. The number of nitrogens with zero attached hydrogens (tertiary/aromatic N) is 16. The van der Waals surface area contributed by atoms with E-state index in [-0.39, 0.29) is 16.7 Å². The number of hydrogen-bond donors (Lipinski definition) is 1. The van der Waals surface area contributed by atoms with Gasteiger partial charge in [0, 0.05) is 48.0 Å². The molecule has 7 aromatic heterocycles. The summed E-state index contributed by atoms with van der Waals surface area (Å²) in [6.45, 7) is 8.06. The maximum atomic E-state index is 13.9. The number of nitriles is 3. The first-order chi connectivity index (χ1) is 53.1. The molecule has 22 nitrogen and oxygen atoms in total. The molecular weight excluding hydrogens is 1510 g/mol. The quantitative estimate of drug-likeness (QED) is 0.118. The fourth-order valence-corrected chi connectivity index (χ4v) is 13.1. The highest BCUT2D eigenvalue weighted by atomic mass is 79.9. The lowest BCUT2D eigenvalue weighted by atomic mass is 9.79. The first kappa shape index (κ1) is 72.4. The molecule has 0 atom stereocenters. The second kappa shape index (κ2) is 29.9. The number of hydrogen-bond acceptors (Lipinski definition) is 16. The third kappa shape index (κ3) is 14.1. The molecule has 0 bridgehead atoms. The summed E-state index contributed by atoms with van der Waals surface area (Å²) in [5.74, 6) is 1.78. The van der Waals surface area contributed by atoms with Crippen LogP contribution in [0, 0.1) is 34.0 Å². The van der Waals surface area contributed by atoms with Crippen molar-refractivity contribution >= 4 is 102 Å². The molecular formula is C83H56BBrCl3N17O5. The van der Waals surface area contributed by atoms with Crippen LogP contribution in [-0.2, 0) is 9.31 Å². The van der Waals surface area contributed by atoms with Gasteiger partial charge >= 0.3 is 7.12 Å². The highest BCUT2D eigenvalue weighted by Gasteiger charge is 2.51. The van der Waals surface area contributed by atoms with E-state index in [1.807, 2.05) is 125 Å². The number of halogens is 4. The van der Waals surface area contributed by atoms with Crippen molar-refractivity contribution in [3.05, 3.63) is 323 Å². The van der Waals surface area contributed by atoms with E-state index >= 15 is 0 Å². The predicted octanol–water partition coefficient (Wildman–Crippen LogP) is 16.0. The predicted molar refractivity (Wildman–Crippen MR) is 430 cm³/mol. The minimum absolute atomic E-state index is 0.252. The Kier molecular flexibility index (Phi) is 19.6. The fraction of sp³-hybridized carbons (Fsp3) is 0.0723. The Hall–Kier alpha value is -13.2. The molecule has 110 heavy (non-hydrogen) atoms. The van der Waals surface area contributed by atoms with Crippen LogP contribution in [0.5, 0.6) is 0 Å². The van der Waals surface area contributed by atoms with E-state index in [2.05, 4.69) is 54.4 Å². The molecule has 0 saturated carbocycles. The summed E-state index contributed by atoms with van der Waals surface area (Å²) in [7, 11) is -0.512. The van der Waals surface area contributed by atoms with Crippen LogP contribution in [0.3, 0.4) is 0 Å². The van der Waals surface area contributed by atoms with Gasteiger partial charge in [-0.2, -0.15) is 31.1 Å².